The van der Waals surface area contributed by atoms with Crippen molar-refractivity contribution in [1.29, 1.82) is 0 Å². The first kappa shape index (κ1) is 50.8. The Kier molecular flexibility index (Phi) is 16.8. The molecule has 14 nitrogen and oxygen atoms in total. The summed E-state index contributed by atoms with van der Waals surface area (Å²) in [5.41, 5.74) is 4.89. The maximum atomic E-state index is 13.0. The van der Waals surface area contributed by atoms with Crippen molar-refractivity contribution in [3.63, 3.8) is 0 Å². The van der Waals surface area contributed by atoms with E-state index in [4.69, 9.17) is 42.1 Å². The topological polar surface area (TPSA) is 172 Å². The molecule has 0 aliphatic carbocycles. The fourth-order valence-electron chi connectivity index (χ4n) is 6.13. The molecule has 2 heterocycles. The number of ether oxygens (including phenoxy) is 4. The summed E-state index contributed by atoms with van der Waals surface area (Å²) in [6.45, 7) is 18.7. The van der Waals surface area contributed by atoms with Crippen LogP contribution >= 0.6 is 23.2 Å². The predicted octanol–water partition coefficient (Wildman–Crippen LogP) is 12.1. The van der Waals surface area contributed by atoms with Gasteiger partial charge in [0.1, 0.15) is 11.2 Å². The van der Waals surface area contributed by atoms with Crippen LogP contribution in [0, 0.1) is 0 Å². The predicted molar refractivity (Wildman–Crippen MR) is 257 cm³/mol. The normalized spacial score (nSPS) is 11.5. The summed E-state index contributed by atoms with van der Waals surface area (Å²) in [6.07, 6.45) is -1.65. The second-order valence-corrected chi connectivity index (χ2v) is 18.6. The van der Waals surface area contributed by atoms with Gasteiger partial charge in [0.05, 0.1) is 37.4 Å². The van der Waals surface area contributed by atoms with Crippen LogP contribution in [-0.4, -0.2) is 77.5 Å². The molecule has 6 aromatic rings. The van der Waals surface area contributed by atoms with E-state index in [9.17, 15) is 14.7 Å². The van der Waals surface area contributed by atoms with Gasteiger partial charge in [0.15, 0.2) is 23.3 Å². The molecule has 0 saturated heterocycles. The Morgan fingerprint density at radius 1 is 0.561 bits per heavy atom. The van der Waals surface area contributed by atoms with Gasteiger partial charge in [-0.25, -0.2) is 24.5 Å². The average molecular weight is 939 g/mol. The highest BCUT2D eigenvalue weighted by Gasteiger charge is 2.31. The number of nitrogens with zero attached hydrogens (tertiary/aromatic N) is 7. The lowest BCUT2D eigenvalue weighted by molar-refractivity contribution is -0.000264. The quantitative estimate of drug-likeness (QED) is 0.130. The summed E-state index contributed by atoms with van der Waals surface area (Å²) in [7, 11) is 2.98. The highest BCUT2D eigenvalue weighted by Crippen LogP contribution is 2.32. The number of benzene rings is 4. The largest absolute Gasteiger partial charge is 0.467 e. The molecule has 16 heteroatoms. The molecule has 0 saturated carbocycles. The molecule has 0 unspecified atom stereocenters. The number of aliphatic hydroxyl groups is 1. The number of amides is 2. The van der Waals surface area contributed by atoms with Gasteiger partial charge in [0.25, 0.3) is 0 Å². The van der Waals surface area contributed by atoms with E-state index in [0.717, 1.165) is 21.6 Å². The molecule has 1 N–H and O–H groups in total. The van der Waals surface area contributed by atoms with Crippen LogP contribution in [0.4, 0.5) is 9.59 Å². The Morgan fingerprint density at radius 3 is 1.27 bits per heavy atom. The van der Waals surface area contributed by atoms with Crippen LogP contribution in [0.25, 0.3) is 45.6 Å². The summed E-state index contributed by atoms with van der Waals surface area (Å²) in [5.74, 6) is 2.45. The minimum atomic E-state index is -0.827. The van der Waals surface area contributed by atoms with E-state index in [1.54, 1.807) is 77.9 Å². The Bertz CT molecular complexity index is 2600. The average Bonchev–Trinajstić information content (AvgIpc) is 3.27. The van der Waals surface area contributed by atoms with Gasteiger partial charge >= 0.3 is 24.2 Å². The summed E-state index contributed by atoms with van der Waals surface area (Å²) >= 11 is 12.9. The molecule has 0 aliphatic rings. The number of carbonyl (C=O) groups excluding carboxylic acids is 2. The van der Waals surface area contributed by atoms with Crippen LogP contribution in [0.5, 0.6) is 12.0 Å². The van der Waals surface area contributed by atoms with Crippen LogP contribution in [0.3, 0.4) is 0 Å². The summed E-state index contributed by atoms with van der Waals surface area (Å²) in [4.78, 5) is 53.6. The Balaban J connectivity index is 0.000000270. The zero-order valence-corrected chi connectivity index (χ0v) is 40.9. The minimum Gasteiger partial charge on any atom is -0.467 e. The van der Waals surface area contributed by atoms with E-state index in [-0.39, 0.29) is 31.0 Å². The van der Waals surface area contributed by atoms with Crippen LogP contribution in [0.15, 0.2) is 84.9 Å². The molecule has 0 bridgehead atoms. The van der Waals surface area contributed by atoms with Crippen molar-refractivity contribution in [1.82, 2.24) is 34.8 Å². The van der Waals surface area contributed by atoms with Gasteiger partial charge in [-0.05, 0) is 99.9 Å². The number of halogens is 2. The minimum absolute atomic E-state index is 0.0874. The highest BCUT2D eigenvalue weighted by atomic mass is 35.5. The van der Waals surface area contributed by atoms with Crippen LogP contribution < -0.4 is 9.47 Å². The lowest BCUT2D eigenvalue weighted by Gasteiger charge is -2.28. The smallest absolute Gasteiger partial charge is 0.420 e. The molecule has 66 heavy (non-hydrogen) atoms. The van der Waals surface area contributed by atoms with E-state index < -0.39 is 23.4 Å². The van der Waals surface area contributed by atoms with Gasteiger partial charge in [-0.3, -0.25) is 0 Å². The molecule has 2 aromatic heterocycles. The van der Waals surface area contributed by atoms with Crippen LogP contribution in [0.1, 0.15) is 103 Å². The van der Waals surface area contributed by atoms with Gasteiger partial charge in [0.2, 0.25) is 0 Å². The van der Waals surface area contributed by atoms with Crippen molar-refractivity contribution in [2.24, 2.45) is 0 Å². The molecule has 0 fully saturated rings. The Labute approximate surface area is 396 Å². The SMILES string of the molecule is COc1nc(-c2ccc(C(C)C)cc2)nc(-c2cc(CN(C(=O)OC(C)(C)C)C(=O)OC(C)(C)C)ccc2Cl)n1.COc1nc(-c2ccc(C(C)C)cc2)nc(-c2cc(CO)ccc2Cl)n1. The van der Waals surface area contributed by atoms with Crippen LogP contribution in [-0.2, 0) is 22.6 Å². The standard InChI is InChI=1S/C30H37ClN4O5.C20H20ClN3O2/c1-18(2)20-11-13-21(14-12-20)24-32-25(34-26(33-24)38-9)22-16-19(10-15-23(22)31)17-35(27(36)39-29(3,4)5)28(37)40-30(6,7)8;1-12(2)14-5-7-15(8-6-14)18-22-19(24-20(23-18)26-3)16-10-13(11-25)4-9-17(16)21/h10-16,18H,17H2,1-9H3;4-10,12,25H,11H2,1-3H3. The third-order valence-corrected chi connectivity index (χ3v) is 10.2. The number of methoxy groups -OCH3 is 2. The van der Waals surface area contributed by atoms with Gasteiger partial charge < -0.3 is 24.1 Å². The number of imide groups is 1. The summed E-state index contributed by atoms with van der Waals surface area (Å²) < 4.78 is 21.5. The third kappa shape index (κ3) is 13.9. The summed E-state index contributed by atoms with van der Waals surface area (Å²) in [5, 5.41) is 10.3. The van der Waals surface area contributed by atoms with Crippen molar-refractivity contribution in [2.45, 2.75) is 105 Å². The van der Waals surface area contributed by atoms with Crippen molar-refractivity contribution >= 4 is 35.4 Å². The highest BCUT2D eigenvalue weighted by molar-refractivity contribution is 6.33. The second-order valence-electron chi connectivity index (χ2n) is 17.8. The number of hydrogen-bond acceptors (Lipinski definition) is 13. The first-order valence-electron chi connectivity index (χ1n) is 21.3. The zero-order chi connectivity index (χ0) is 48.5. The molecule has 0 radical (unpaired) electrons. The zero-order valence-electron chi connectivity index (χ0n) is 39.4. The van der Waals surface area contributed by atoms with E-state index in [1.807, 2.05) is 36.4 Å². The lowest BCUT2D eigenvalue weighted by atomic mass is 10.0. The van der Waals surface area contributed by atoms with E-state index >= 15 is 0 Å². The van der Waals surface area contributed by atoms with E-state index in [1.165, 1.54) is 25.3 Å². The van der Waals surface area contributed by atoms with E-state index in [0.29, 0.717) is 56.0 Å². The molecular formula is C50H57Cl2N7O7. The molecule has 0 atom stereocenters. The number of hydrogen-bond donors (Lipinski definition) is 1. The maximum absolute atomic E-state index is 13.0. The van der Waals surface area contributed by atoms with Crippen LogP contribution in [0.2, 0.25) is 10.0 Å². The first-order chi connectivity index (χ1) is 31.1. The van der Waals surface area contributed by atoms with Crippen molar-refractivity contribution in [3.05, 3.63) is 117 Å². The maximum Gasteiger partial charge on any atom is 0.420 e. The molecule has 348 valence electrons. The monoisotopic (exact) mass is 937 g/mol. The fraction of sp³-hybridized carbons (Fsp3) is 0.360. The number of aromatic nitrogens is 6. The van der Waals surface area contributed by atoms with Gasteiger partial charge in [0, 0.05) is 22.3 Å². The molecule has 2 amide bonds. The number of aliphatic hydroxyl groups excluding tert-OH is 1. The van der Waals surface area contributed by atoms with Crippen molar-refractivity contribution in [2.75, 3.05) is 14.2 Å². The molecule has 0 spiro atoms. The van der Waals surface area contributed by atoms with Crippen molar-refractivity contribution < 1.29 is 33.6 Å². The van der Waals surface area contributed by atoms with Crippen molar-refractivity contribution in [3.8, 4) is 57.6 Å². The molecular weight excluding hydrogens is 881 g/mol. The van der Waals surface area contributed by atoms with Gasteiger partial charge in [-0.15, -0.1) is 0 Å². The van der Waals surface area contributed by atoms with E-state index in [2.05, 4.69) is 69.7 Å². The lowest BCUT2D eigenvalue weighted by Crippen LogP contribution is -2.43. The number of rotatable bonds is 11. The molecule has 0 aliphatic heterocycles. The summed E-state index contributed by atoms with van der Waals surface area (Å²) in [6, 6.07) is 26.7. The fourth-order valence-corrected chi connectivity index (χ4v) is 6.54. The molecule has 4 aromatic carbocycles. The number of carbonyl (C=O) groups is 2. The van der Waals surface area contributed by atoms with Gasteiger partial charge in [-0.1, -0.05) is 112 Å². The first-order valence-corrected chi connectivity index (χ1v) is 22.1. The van der Waals surface area contributed by atoms with Gasteiger partial charge in [-0.2, -0.15) is 19.9 Å². The third-order valence-electron chi connectivity index (χ3n) is 9.56. The molecule has 6 rings (SSSR count). The Morgan fingerprint density at radius 2 is 0.924 bits per heavy atom. The Hall–Kier alpha value is -6.22. The second kappa shape index (κ2) is 21.8.